The lowest BCUT2D eigenvalue weighted by atomic mass is 10.1. The fourth-order valence-electron chi connectivity index (χ4n) is 1.22. The van der Waals surface area contributed by atoms with Gasteiger partial charge in [0.25, 0.3) is 0 Å². The summed E-state index contributed by atoms with van der Waals surface area (Å²) in [5.41, 5.74) is 0. The van der Waals surface area contributed by atoms with Crippen molar-refractivity contribution in [2.45, 2.75) is 39.5 Å². The van der Waals surface area contributed by atoms with Crippen LogP contribution in [0, 0.1) is 17.2 Å². The zero-order valence-corrected chi connectivity index (χ0v) is 9.42. The van der Waals surface area contributed by atoms with Crippen molar-refractivity contribution >= 4 is 5.91 Å². The lowest BCUT2D eigenvalue weighted by Gasteiger charge is -2.16. The van der Waals surface area contributed by atoms with Crippen LogP contribution in [0.1, 0.15) is 39.5 Å². The summed E-state index contributed by atoms with van der Waals surface area (Å²) < 4.78 is 0. The number of hydrogen-bond acceptors (Lipinski definition) is 2. The Hall–Kier alpha value is -1.04. The SMILES string of the molecule is CC(C)CCCN(C)C(=O)CCC#N. The molecule has 0 fully saturated rings. The molecule has 0 aromatic heterocycles. The second-order valence-electron chi connectivity index (χ2n) is 4.01. The van der Waals surface area contributed by atoms with E-state index in [4.69, 9.17) is 5.26 Å². The zero-order valence-electron chi connectivity index (χ0n) is 9.42. The molecule has 0 atom stereocenters. The van der Waals surface area contributed by atoms with E-state index in [-0.39, 0.29) is 5.91 Å². The predicted octanol–water partition coefficient (Wildman–Crippen LogP) is 2.18. The van der Waals surface area contributed by atoms with E-state index in [1.165, 1.54) is 0 Å². The molecule has 0 aliphatic carbocycles. The minimum absolute atomic E-state index is 0.0790. The Labute approximate surface area is 86.7 Å². The third-order valence-corrected chi connectivity index (χ3v) is 2.15. The van der Waals surface area contributed by atoms with Gasteiger partial charge in [0, 0.05) is 26.4 Å². The number of nitrogens with zero attached hydrogens (tertiary/aromatic N) is 2. The molecule has 0 saturated heterocycles. The molecule has 0 aromatic rings. The van der Waals surface area contributed by atoms with Crippen LogP contribution in [0.15, 0.2) is 0 Å². The fraction of sp³-hybridized carbons (Fsp3) is 0.818. The molecule has 0 N–H and O–H groups in total. The number of hydrogen-bond donors (Lipinski definition) is 0. The van der Waals surface area contributed by atoms with E-state index in [0.717, 1.165) is 19.4 Å². The highest BCUT2D eigenvalue weighted by Crippen LogP contribution is 2.05. The van der Waals surface area contributed by atoms with Crippen molar-refractivity contribution < 1.29 is 4.79 Å². The van der Waals surface area contributed by atoms with E-state index < -0.39 is 0 Å². The van der Waals surface area contributed by atoms with Crippen LogP contribution in [0.25, 0.3) is 0 Å². The molecule has 0 aliphatic rings. The molecule has 14 heavy (non-hydrogen) atoms. The van der Waals surface area contributed by atoms with Crippen LogP contribution in [-0.2, 0) is 4.79 Å². The van der Waals surface area contributed by atoms with E-state index >= 15 is 0 Å². The average Bonchev–Trinajstić information content (AvgIpc) is 2.13. The molecule has 0 spiro atoms. The molecule has 3 heteroatoms. The average molecular weight is 196 g/mol. The van der Waals surface area contributed by atoms with Crippen LogP contribution in [0.2, 0.25) is 0 Å². The van der Waals surface area contributed by atoms with E-state index in [9.17, 15) is 4.79 Å². The molecule has 0 aliphatic heterocycles. The molecule has 0 heterocycles. The third kappa shape index (κ3) is 6.47. The quantitative estimate of drug-likeness (QED) is 0.653. The van der Waals surface area contributed by atoms with Gasteiger partial charge in [0.2, 0.25) is 5.91 Å². The molecule has 0 aromatic carbocycles. The van der Waals surface area contributed by atoms with Gasteiger partial charge in [0.15, 0.2) is 0 Å². The van der Waals surface area contributed by atoms with E-state index in [2.05, 4.69) is 13.8 Å². The van der Waals surface area contributed by atoms with E-state index in [1.54, 1.807) is 11.9 Å². The van der Waals surface area contributed by atoms with E-state index in [0.29, 0.717) is 18.8 Å². The molecule has 3 nitrogen and oxygen atoms in total. The lowest BCUT2D eigenvalue weighted by molar-refractivity contribution is -0.129. The van der Waals surface area contributed by atoms with Crippen LogP contribution >= 0.6 is 0 Å². The molecule has 0 unspecified atom stereocenters. The Kier molecular flexibility index (Phi) is 6.82. The topological polar surface area (TPSA) is 44.1 Å². The number of carbonyl (C=O) groups is 1. The van der Waals surface area contributed by atoms with Gasteiger partial charge in [-0.15, -0.1) is 0 Å². The number of rotatable bonds is 6. The van der Waals surface area contributed by atoms with Crippen LogP contribution < -0.4 is 0 Å². The second-order valence-corrected chi connectivity index (χ2v) is 4.01. The van der Waals surface area contributed by atoms with Crippen LogP contribution in [-0.4, -0.2) is 24.4 Å². The van der Waals surface area contributed by atoms with Gasteiger partial charge in [-0.05, 0) is 18.8 Å². The largest absolute Gasteiger partial charge is 0.346 e. The van der Waals surface area contributed by atoms with Gasteiger partial charge in [0.1, 0.15) is 0 Å². The Morgan fingerprint density at radius 1 is 1.50 bits per heavy atom. The van der Waals surface area contributed by atoms with Crippen molar-refractivity contribution in [3.05, 3.63) is 0 Å². The van der Waals surface area contributed by atoms with Crippen LogP contribution in [0.4, 0.5) is 0 Å². The molecule has 0 saturated carbocycles. The van der Waals surface area contributed by atoms with Crippen molar-refractivity contribution in [1.82, 2.24) is 4.90 Å². The van der Waals surface area contributed by atoms with Crippen molar-refractivity contribution in [2.24, 2.45) is 5.92 Å². The summed E-state index contributed by atoms with van der Waals surface area (Å²) in [6.07, 6.45) is 2.88. The van der Waals surface area contributed by atoms with Gasteiger partial charge in [-0.2, -0.15) is 5.26 Å². The first kappa shape index (κ1) is 13.0. The molecule has 0 bridgehead atoms. The Morgan fingerprint density at radius 3 is 2.64 bits per heavy atom. The first-order chi connectivity index (χ1) is 6.57. The maximum absolute atomic E-state index is 11.4. The van der Waals surface area contributed by atoms with Crippen molar-refractivity contribution in [3.8, 4) is 6.07 Å². The summed E-state index contributed by atoms with van der Waals surface area (Å²) in [5.74, 6) is 0.771. The fourth-order valence-corrected chi connectivity index (χ4v) is 1.22. The van der Waals surface area contributed by atoms with Gasteiger partial charge in [-0.25, -0.2) is 0 Å². The first-order valence-corrected chi connectivity index (χ1v) is 5.18. The van der Waals surface area contributed by atoms with Crippen LogP contribution in [0.5, 0.6) is 0 Å². The summed E-state index contributed by atoms with van der Waals surface area (Å²) in [7, 11) is 1.81. The van der Waals surface area contributed by atoms with Crippen molar-refractivity contribution in [3.63, 3.8) is 0 Å². The second kappa shape index (κ2) is 7.37. The molecular weight excluding hydrogens is 176 g/mol. The predicted molar refractivity (Wildman–Crippen MR) is 56.6 cm³/mol. The smallest absolute Gasteiger partial charge is 0.223 e. The molecule has 80 valence electrons. The molecule has 1 amide bonds. The highest BCUT2D eigenvalue weighted by molar-refractivity contribution is 5.76. The normalized spacial score (nSPS) is 9.93. The highest BCUT2D eigenvalue weighted by atomic mass is 16.2. The highest BCUT2D eigenvalue weighted by Gasteiger charge is 2.07. The van der Waals surface area contributed by atoms with Crippen molar-refractivity contribution in [2.75, 3.05) is 13.6 Å². The van der Waals surface area contributed by atoms with Gasteiger partial charge < -0.3 is 4.90 Å². The summed E-state index contributed by atoms with van der Waals surface area (Å²) in [6, 6.07) is 1.98. The zero-order chi connectivity index (χ0) is 11.0. The Bertz CT molecular complexity index is 206. The summed E-state index contributed by atoms with van der Waals surface area (Å²) in [4.78, 5) is 13.1. The first-order valence-electron chi connectivity index (χ1n) is 5.18. The Balaban J connectivity index is 3.58. The number of nitriles is 1. The molecule has 0 radical (unpaired) electrons. The van der Waals surface area contributed by atoms with Gasteiger partial charge in [-0.3, -0.25) is 4.79 Å². The number of amides is 1. The van der Waals surface area contributed by atoms with Gasteiger partial charge >= 0.3 is 0 Å². The minimum atomic E-state index is 0.0790. The van der Waals surface area contributed by atoms with Gasteiger partial charge in [-0.1, -0.05) is 13.8 Å². The summed E-state index contributed by atoms with van der Waals surface area (Å²) in [5, 5.41) is 8.33. The van der Waals surface area contributed by atoms with E-state index in [1.807, 2.05) is 6.07 Å². The standard InChI is InChI=1S/C11H20N2O/c1-10(2)6-5-9-13(3)11(14)7-4-8-12/h10H,4-7,9H2,1-3H3. The van der Waals surface area contributed by atoms with Crippen molar-refractivity contribution in [1.29, 1.82) is 5.26 Å². The summed E-state index contributed by atoms with van der Waals surface area (Å²) >= 11 is 0. The number of carbonyl (C=O) groups excluding carboxylic acids is 1. The maximum atomic E-state index is 11.4. The minimum Gasteiger partial charge on any atom is -0.346 e. The molecular formula is C11H20N2O. The summed E-state index contributed by atoms with van der Waals surface area (Å²) in [6.45, 7) is 5.16. The Morgan fingerprint density at radius 2 is 2.14 bits per heavy atom. The third-order valence-electron chi connectivity index (χ3n) is 2.15. The van der Waals surface area contributed by atoms with Gasteiger partial charge in [0.05, 0.1) is 6.07 Å². The van der Waals surface area contributed by atoms with Crippen LogP contribution in [0.3, 0.4) is 0 Å². The molecule has 0 rings (SSSR count). The lowest BCUT2D eigenvalue weighted by Crippen LogP contribution is -2.27. The maximum Gasteiger partial charge on any atom is 0.223 e. The monoisotopic (exact) mass is 196 g/mol.